The minimum Gasteiger partial charge on any atom is -0.378 e. The first-order chi connectivity index (χ1) is 15.0. The minimum absolute atomic E-state index is 0.137. The summed E-state index contributed by atoms with van der Waals surface area (Å²) in [7, 11) is 0. The van der Waals surface area contributed by atoms with Gasteiger partial charge in [0, 0.05) is 39.1 Å². The van der Waals surface area contributed by atoms with E-state index in [0.717, 1.165) is 39.0 Å². The van der Waals surface area contributed by atoms with Gasteiger partial charge in [-0.2, -0.15) is 0 Å². The number of carbonyl (C=O) groups is 2. The first-order valence-corrected chi connectivity index (χ1v) is 11.9. The van der Waals surface area contributed by atoms with Crippen molar-refractivity contribution < 1.29 is 14.3 Å². The lowest BCUT2D eigenvalue weighted by Gasteiger charge is -2.34. The summed E-state index contributed by atoms with van der Waals surface area (Å²) in [6.45, 7) is 11.5. The highest BCUT2D eigenvalue weighted by Gasteiger charge is 2.37. The van der Waals surface area contributed by atoms with E-state index in [1.807, 2.05) is 9.80 Å². The molecule has 3 fully saturated rings. The van der Waals surface area contributed by atoms with Crippen molar-refractivity contribution in [2.45, 2.75) is 45.6 Å². The van der Waals surface area contributed by atoms with E-state index >= 15 is 0 Å². The van der Waals surface area contributed by atoms with Gasteiger partial charge in [-0.25, -0.2) is 0 Å². The average molecular weight is 428 g/mol. The number of hydrogen-bond acceptors (Lipinski definition) is 4. The smallest absolute Gasteiger partial charge is 0.228 e. The number of morpholine rings is 1. The van der Waals surface area contributed by atoms with Gasteiger partial charge in [-0.15, -0.1) is 0 Å². The van der Waals surface area contributed by atoms with Gasteiger partial charge in [0.2, 0.25) is 11.8 Å². The van der Waals surface area contributed by atoms with Gasteiger partial charge in [0.15, 0.2) is 0 Å². The molecule has 1 aromatic rings. The summed E-state index contributed by atoms with van der Waals surface area (Å²) in [5.41, 5.74) is 2.77. The molecule has 6 nitrogen and oxygen atoms in total. The molecule has 0 radical (unpaired) electrons. The quantitative estimate of drug-likeness (QED) is 0.701. The van der Waals surface area contributed by atoms with Crippen LogP contribution in [0.1, 0.15) is 50.2 Å². The van der Waals surface area contributed by atoms with Crippen LogP contribution in [0.2, 0.25) is 0 Å². The predicted molar refractivity (Wildman–Crippen MR) is 121 cm³/mol. The standard InChI is InChI=1S/C25H37N3O3/c1-19(2)22-5-3-20(4-6-22)16-26-9-7-21(8-10-26)17-28-18-23(15-24(28)29)25(30)27-11-13-31-14-12-27/h3-6,19,21,23H,7-18H2,1-2H3. The van der Waals surface area contributed by atoms with E-state index in [1.165, 1.54) is 11.1 Å². The Morgan fingerprint density at radius 1 is 1.06 bits per heavy atom. The number of rotatable bonds is 6. The summed E-state index contributed by atoms with van der Waals surface area (Å²) < 4.78 is 5.34. The topological polar surface area (TPSA) is 53.1 Å². The third-order valence-electron chi connectivity index (χ3n) is 7.12. The minimum atomic E-state index is -0.167. The average Bonchev–Trinajstić information content (AvgIpc) is 3.15. The summed E-state index contributed by atoms with van der Waals surface area (Å²) >= 11 is 0. The first kappa shape index (κ1) is 22.3. The highest BCUT2D eigenvalue weighted by molar-refractivity contribution is 5.89. The molecule has 3 saturated heterocycles. The summed E-state index contributed by atoms with van der Waals surface area (Å²) in [4.78, 5) is 31.6. The predicted octanol–water partition coefficient (Wildman–Crippen LogP) is 2.73. The van der Waals surface area contributed by atoms with Gasteiger partial charge >= 0.3 is 0 Å². The third-order valence-corrected chi connectivity index (χ3v) is 7.12. The molecule has 3 aliphatic rings. The van der Waals surface area contributed by atoms with Crippen LogP contribution >= 0.6 is 0 Å². The monoisotopic (exact) mass is 427 g/mol. The Bertz CT molecular complexity index is 750. The fraction of sp³-hybridized carbons (Fsp3) is 0.680. The Morgan fingerprint density at radius 3 is 2.39 bits per heavy atom. The highest BCUT2D eigenvalue weighted by Crippen LogP contribution is 2.26. The fourth-order valence-electron chi connectivity index (χ4n) is 5.06. The van der Waals surface area contributed by atoms with E-state index in [1.54, 1.807) is 0 Å². The number of nitrogens with zero attached hydrogens (tertiary/aromatic N) is 3. The van der Waals surface area contributed by atoms with Crippen molar-refractivity contribution in [1.82, 2.24) is 14.7 Å². The molecule has 0 aliphatic carbocycles. The van der Waals surface area contributed by atoms with Gasteiger partial charge < -0.3 is 14.5 Å². The van der Waals surface area contributed by atoms with Crippen LogP contribution in [-0.4, -0.2) is 79.0 Å². The Hall–Kier alpha value is -1.92. The molecule has 0 spiro atoms. The maximum atomic E-state index is 12.7. The van der Waals surface area contributed by atoms with E-state index in [-0.39, 0.29) is 17.7 Å². The SMILES string of the molecule is CC(C)c1ccc(CN2CCC(CN3CC(C(=O)N4CCOCC4)CC3=O)CC2)cc1. The summed E-state index contributed by atoms with van der Waals surface area (Å²) in [5.74, 6) is 1.24. The van der Waals surface area contributed by atoms with Crippen molar-refractivity contribution in [2.75, 3.05) is 52.5 Å². The summed E-state index contributed by atoms with van der Waals surface area (Å²) in [6.07, 6.45) is 2.62. The Balaban J connectivity index is 1.21. The number of likely N-dealkylation sites (tertiary alicyclic amines) is 2. The zero-order valence-corrected chi connectivity index (χ0v) is 19.1. The van der Waals surface area contributed by atoms with Crippen LogP contribution < -0.4 is 0 Å². The zero-order valence-electron chi connectivity index (χ0n) is 19.1. The molecule has 170 valence electrons. The molecule has 31 heavy (non-hydrogen) atoms. The number of ether oxygens (including phenoxy) is 1. The molecule has 4 rings (SSSR count). The van der Waals surface area contributed by atoms with Gasteiger partial charge in [-0.05, 0) is 48.9 Å². The van der Waals surface area contributed by atoms with Crippen LogP contribution in [0.5, 0.6) is 0 Å². The maximum absolute atomic E-state index is 12.7. The van der Waals surface area contributed by atoms with Crippen LogP contribution in [0, 0.1) is 11.8 Å². The second-order valence-electron chi connectivity index (χ2n) is 9.75. The molecule has 0 saturated carbocycles. The molecule has 0 N–H and O–H groups in total. The maximum Gasteiger partial charge on any atom is 0.228 e. The van der Waals surface area contributed by atoms with Gasteiger partial charge in [0.25, 0.3) is 0 Å². The summed E-state index contributed by atoms with van der Waals surface area (Å²) in [6, 6.07) is 9.02. The fourth-order valence-corrected chi connectivity index (χ4v) is 5.06. The zero-order chi connectivity index (χ0) is 21.8. The van der Waals surface area contributed by atoms with Gasteiger partial charge in [0.1, 0.15) is 0 Å². The van der Waals surface area contributed by atoms with Crippen molar-refractivity contribution in [3.8, 4) is 0 Å². The van der Waals surface area contributed by atoms with Crippen LogP contribution in [0.3, 0.4) is 0 Å². The van der Waals surface area contributed by atoms with E-state index < -0.39 is 0 Å². The molecule has 3 aliphatic heterocycles. The molecule has 1 unspecified atom stereocenters. The Labute approximate surface area is 186 Å². The van der Waals surface area contributed by atoms with Crippen LogP contribution in [0.4, 0.5) is 0 Å². The summed E-state index contributed by atoms with van der Waals surface area (Å²) in [5, 5.41) is 0. The number of benzene rings is 1. The second kappa shape index (κ2) is 10.1. The molecule has 6 heteroatoms. The van der Waals surface area contributed by atoms with Crippen molar-refractivity contribution in [2.24, 2.45) is 11.8 Å². The second-order valence-corrected chi connectivity index (χ2v) is 9.75. The molecule has 3 heterocycles. The lowest BCUT2D eigenvalue weighted by Crippen LogP contribution is -2.44. The number of piperidine rings is 1. The molecular weight excluding hydrogens is 390 g/mol. The molecule has 1 aromatic carbocycles. The van der Waals surface area contributed by atoms with Crippen LogP contribution in [0.15, 0.2) is 24.3 Å². The van der Waals surface area contributed by atoms with Crippen molar-refractivity contribution in [3.05, 3.63) is 35.4 Å². The first-order valence-electron chi connectivity index (χ1n) is 11.9. The number of hydrogen-bond donors (Lipinski definition) is 0. The van der Waals surface area contributed by atoms with Gasteiger partial charge in [-0.1, -0.05) is 38.1 Å². The number of carbonyl (C=O) groups excluding carboxylic acids is 2. The molecule has 0 bridgehead atoms. The van der Waals surface area contributed by atoms with E-state index in [2.05, 4.69) is 43.0 Å². The van der Waals surface area contributed by atoms with Gasteiger partial charge in [0.05, 0.1) is 19.1 Å². The third kappa shape index (κ3) is 5.66. The van der Waals surface area contributed by atoms with E-state index in [4.69, 9.17) is 4.74 Å². The Morgan fingerprint density at radius 2 is 1.74 bits per heavy atom. The van der Waals surface area contributed by atoms with E-state index in [0.29, 0.717) is 51.1 Å². The van der Waals surface area contributed by atoms with Crippen LogP contribution in [-0.2, 0) is 20.9 Å². The van der Waals surface area contributed by atoms with Gasteiger partial charge in [-0.3, -0.25) is 14.5 Å². The van der Waals surface area contributed by atoms with E-state index in [9.17, 15) is 9.59 Å². The molecule has 2 amide bonds. The lowest BCUT2D eigenvalue weighted by molar-refractivity contribution is -0.139. The van der Waals surface area contributed by atoms with Crippen molar-refractivity contribution in [1.29, 1.82) is 0 Å². The normalized spacial score (nSPS) is 23.7. The highest BCUT2D eigenvalue weighted by atomic mass is 16.5. The lowest BCUT2D eigenvalue weighted by atomic mass is 9.95. The van der Waals surface area contributed by atoms with Crippen molar-refractivity contribution >= 4 is 11.8 Å². The molecular formula is C25H37N3O3. The molecule has 1 atom stereocenters. The van der Waals surface area contributed by atoms with Crippen molar-refractivity contribution in [3.63, 3.8) is 0 Å². The largest absolute Gasteiger partial charge is 0.378 e. The Kier molecular flexibility index (Phi) is 7.28. The van der Waals surface area contributed by atoms with Crippen LogP contribution in [0.25, 0.3) is 0 Å². The molecule has 0 aromatic heterocycles. The number of amides is 2.